The first kappa shape index (κ1) is 40.7. The van der Waals surface area contributed by atoms with Gasteiger partial charge in [-0.3, -0.25) is 19.2 Å². The lowest BCUT2D eigenvalue weighted by Crippen LogP contribution is -2.62. The number of hydrogen-bond donors (Lipinski definition) is 4. The number of rotatable bonds is 7. The zero-order chi connectivity index (χ0) is 41.1. The van der Waals surface area contributed by atoms with E-state index < -0.39 is 72.1 Å². The number of carbonyl (C=O) groups is 6. The van der Waals surface area contributed by atoms with Gasteiger partial charge in [-0.15, -0.1) is 0 Å². The van der Waals surface area contributed by atoms with Crippen molar-refractivity contribution < 1.29 is 33.5 Å². The fourth-order valence-electron chi connectivity index (χ4n) is 9.08. The van der Waals surface area contributed by atoms with Crippen LogP contribution in [0.25, 0.3) is 10.9 Å². The van der Waals surface area contributed by atoms with Gasteiger partial charge in [0.05, 0.1) is 0 Å². The maximum atomic E-state index is 14.8. The number of anilines is 1. The molecule has 4 aliphatic rings. The molecule has 15 heteroatoms. The summed E-state index contributed by atoms with van der Waals surface area (Å²) in [6, 6.07) is 11.9. The van der Waals surface area contributed by atoms with Gasteiger partial charge in [0.2, 0.25) is 23.6 Å². The van der Waals surface area contributed by atoms with Crippen molar-refractivity contribution in [1.29, 1.82) is 0 Å². The number of nitrogens with zero attached hydrogens (tertiary/aromatic N) is 4. The molecule has 1 aromatic heterocycles. The summed E-state index contributed by atoms with van der Waals surface area (Å²) in [6.45, 7) is 6.30. The first-order valence-electron chi connectivity index (χ1n) is 20.7. The molecule has 0 spiro atoms. The van der Waals surface area contributed by atoms with Crippen LogP contribution in [0.1, 0.15) is 64.9 Å². The van der Waals surface area contributed by atoms with Crippen molar-refractivity contribution in [3.8, 4) is 0 Å². The van der Waals surface area contributed by atoms with Gasteiger partial charge in [0, 0.05) is 56.7 Å². The number of piperidine rings is 1. The Morgan fingerprint density at radius 1 is 0.845 bits per heavy atom. The molecule has 2 aromatic carbocycles. The second kappa shape index (κ2) is 17.6. The van der Waals surface area contributed by atoms with Crippen molar-refractivity contribution >= 4 is 52.2 Å². The Morgan fingerprint density at radius 3 is 2.38 bits per heavy atom. The third-order valence-corrected chi connectivity index (χ3v) is 12.1. The minimum Gasteiger partial charge on any atom is -0.459 e. The standard InChI is InChI=1S/C43H56N8O7/c1-26-21-36-42(56)58-28(3)37(44-24-32(22-29-11-6-5-7-12-29)47-43(57)46-31-16-15-30-17-20-48(4)35(30)23-31)41(55)50-19-10-14-34(50)40(54)49-18-9-8-13-33(49)38(52)45-27(2)39(53)51(36)25-26/h5-7,11-12,15-17,20,23,26-28,32-34,36-37,44H,8-10,13-14,18-19,21-22,24-25H2,1-4H3,(H,45,52)(H2,46,47,57)/t26-,27+,28+,32+,33+,34+,36+,37+/m1/s1. The molecule has 3 aromatic rings. The number of cyclic esters (lactones) is 1. The molecule has 4 aliphatic heterocycles. The Labute approximate surface area is 339 Å². The molecule has 8 atom stereocenters. The fraction of sp³-hybridized carbons (Fsp3) is 0.535. The van der Waals surface area contributed by atoms with Crippen molar-refractivity contribution in [2.75, 3.05) is 31.5 Å². The first-order valence-corrected chi connectivity index (χ1v) is 20.7. The molecule has 4 fully saturated rings. The van der Waals surface area contributed by atoms with Crippen LogP contribution in [-0.2, 0) is 42.2 Å². The van der Waals surface area contributed by atoms with Gasteiger partial charge in [-0.1, -0.05) is 43.3 Å². The summed E-state index contributed by atoms with van der Waals surface area (Å²) in [5.74, 6) is -2.19. The maximum absolute atomic E-state index is 14.8. The molecule has 6 amide bonds. The van der Waals surface area contributed by atoms with Gasteiger partial charge in [-0.2, -0.15) is 0 Å². The highest BCUT2D eigenvalue weighted by Crippen LogP contribution is 2.29. The highest BCUT2D eigenvalue weighted by Gasteiger charge is 2.47. The Kier molecular flexibility index (Phi) is 12.4. The van der Waals surface area contributed by atoms with E-state index >= 15 is 0 Å². The van der Waals surface area contributed by atoms with Crippen LogP contribution in [0, 0.1) is 5.92 Å². The zero-order valence-corrected chi connectivity index (χ0v) is 33.8. The van der Waals surface area contributed by atoms with Crippen molar-refractivity contribution in [1.82, 2.24) is 35.2 Å². The van der Waals surface area contributed by atoms with Crippen LogP contribution < -0.4 is 21.3 Å². The number of esters is 1. The molecular weight excluding hydrogens is 741 g/mol. The maximum Gasteiger partial charge on any atom is 0.329 e. The van der Waals surface area contributed by atoms with E-state index in [2.05, 4.69) is 21.3 Å². The first-order chi connectivity index (χ1) is 27.9. The predicted octanol–water partition coefficient (Wildman–Crippen LogP) is 2.93. The van der Waals surface area contributed by atoms with Crippen LogP contribution in [0.3, 0.4) is 0 Å². The lowest BCUT2D eigenvalue weighted by atomic mass is 9.99. The minimum atomic E-state index is -1.10. The van der Waals surface area contributed by atoms with Gasteiger partial charge >= 0.3 is 12.0 Å². The van der Waals surface area contributed by atoms with Crippen LogP contribution >= 0.6 is 0 Å². The molecule has 4 N–H and O–H groups in total. The van der Waals surface area contributed by atoms with Gasteiger partial charge in [-0.05, 0) is 93.9 Å². The second-order valence-electron chi connectivity index (χ2n) is 16.5. The number of fused-ring (bicyclic) bond motifs is 4. The van der Waals surface area contributed by atoms with E-state index in [9.17, 15) is 28.8 Å². The summed E-state index contributed by atoms with van der Waals surface area (Å²) < 4.78 is 8.06. The fourth-order valence-corrected chi connectivity index (χ4v) is 9.08. The smallest absolute Gasteiger partial charge is 0.329 e. The minimum absolute atomic E-state index is 0.000457. The number of urea groups is 1. The molecule has 4 saturated heterocycles. The van der Waals surface area contributed by atoms with E-state index in [1.807, 2.05) is 79.3 Å². The Morgan fingerprint density at radius 2 is 1.59 bits per heavy atom. The normalized spacial score (nSPS) is 27.8. The van der Waals surface area contributed by atoms with Gasteiger partial charge < -0.3 is 45.3 Å². The molecule has 0 bridgehead atoms. The van der Waals surface area contributed by atoms with Gasteiger partial charge in [0.1, 0.15) is 36.3 Å². The quantitative estimate of drug-likeness (QED) is 0.264. The molecule has 0 radical (unpaired) electrons. The molecule has 0 aliphatic carbocycles. The predicted molar refractivity (Wildman–Crippen MR) is 217 cm³/mol. The molecule has 5 heterocycles. The highest BCUT2D eigenvalue weighted by atomic mass is 16.5. The Balaban J connectivity index is 1.17. The number of benzene rings is 2. The van der Waals surface area contributed by atoms with Gasteiger partial charge in [0.15, 0.2) is 0 Å². The highest BCUT2D eigenvalue weighted by molar-refractivity contribution is 5.97. The summed E-state index contributed by atoms with van der Waals surface area (Å²) in [5.41, 5.74) is 2.55. The summed E-state index contributed by atoms with van der Waals surface area (Å²) in [4.78, 5) is 88.8. The average Bonchev–Trinajstić information content (AvgIpc) is 3.96. The average molecular weight is 797 g/mol. The SMILES string of the molecule is C[C@@H]1C[C@H]2C(=O)O[C@@H](C)[C@H](NC[C@H](Cc3ccccc3)NC(=O)Nc3ccc4ccn(C)c4c3)C(=O)N3CCC[C@H]3C(=O)N3CCCC[C@H]3C(=O)N[C@@H](C)C(=O)N2C1. The number of ether oxygens (including phenoxy) is 1. The zero-order valence-electron chi connectivity index (χ0n) is 33.8. The number of amides is 6. The van der Waals surface area contributed by atoms with Crippen molar-refractivity contribution in [3.63, 3.8) is 0 Å². The summed E-state index contributed by atoms with van der Waals surface area (Å²) in [7, 11) is 1.94. The molecule has 310 valence electrons. The Bertz CT molecular complexity index is 2020. The monoisotopic (exact) mass is 796 g/mol. The van der Waals surface area contributed by atoms with E-state index in [0.29, 0.717) is 57.4 Å². The Hall–Kier alpha value is -5.44. The molecule has 0 unspecified atom stereocenters. The van der Waals surface area contributed by atoms with Gasteiger partial charge in [0.25, 0.3) is 0 Å². The van der Waals surface area contributed by atoms with E-state index in [-0.39, 0.29) is 18.4 Å². The topological polar surface area (TPSA) is 174 Å². The van der Waals surface area contributed by atoms with Crippen molar-refractivity contribution in [2.24, 2.45) is 13.0 Å². The van der Waals surface area contributed by atoms with Crippen molar-refractivity contribution in [3.05, 3.63) is 66.4 Å². The third kappa shape index (κ3) is 8.83. The lowest BCUT2D eigenvalue weighted by molar-refractivity contribution is -0.162. The number of aryl methyl sites for hydroxylation is 1. The summed E-state index contributed by atoms with van der Waals surface area (Å²) >= 11 is 0. The van der Waals surface area contributed by atoms with Gasteiger partial charge in [-0.25, -0.2) is 9.59 Å². The number of aromatic nitrogens is 1. The van der Waals surface area contributed by atoms with Crippen LogP contribution in [0.5, 0.6) is 0 Å². The van der Waals surface area contributed by atoms with E-state index in [0.717, 1.165) is 29.3 Å². The largest absolute Gasteiger partial charge is 0.459 e. The molecule has 15 nitrogen and oxygen atoms in total. The molecule has 7 rings (SSSR count). The van der Waals surface area contributed by atoms with E-state index in [4.69, 9.17) is 4.74 Å². The third-order valence-electron chi connectivity index (χ3n) is 12.1. The van der Waals surface area contributed by atoms with Crippen LogP contribution in [-0.4, -0.2) is 123 Å². The van der Waals surface area contributed by atoms with Crippen LogP contribution in [0.4, 0.5) is 10.5 Å². The van der Waals surface area contributed by atoms with Crippen LogP contribution in [0.2, 0.25) is 0 Å². The number of carbonyl (C=O) groups excluding carboxylic acids is 6. The van der Waals surface area contributed by atoms with Crippen molar-refractivity contribution in [2.45, 2.75) is 108 Å². The van der Waals surface area contributed by atoms with E-state index in [1.165, 1.54) is 4.90 Å². The molecule has 58 heavy (non-hydrogen) atoms. The van der Waals surface area contributed by atoms with Crippen LogP contribution in [0.15, 0.2) is 60.8 Å². The molecular formula is C43H56N8O7. The number of nitrogens with one attached hydrogen (secondary N) is 4. The number of hydrogen-bond acceptors (Lipinski definition) is 8. The molecule has 0 saturated carbocycles. The summed E-state index contributed by atoms with van der Waals surface area (Å²) in [6.07, 6.45) is 4.66. The second-order valence-corrected chi connectivity index (χ2v) is 16.5. The summed E-state index contributed by atoms with van der Waals surface area (Å²) in [5, 5.41) is 13.3. The van der Waals surface area contributed by atoms with E-state index in [1.54, 1.807) is 23.6 Å². The lowest BCUT2D eigenvalue weighted by Gasteiger charge is -2.39.